The Morgan fingerprint density at radius 3 is 2.62 bits per heavy atom. The van der Waals surface area contributed by atoms with E-state index in [2.05, 4.69) is 29.1 Å². The number of hydrogen-bond acceptors (Lipinski definition) is 5. The molecule has 0 fully saturated rings. The van der Waals surface area contributed by atoms with Gasteiger partial charge in [-0.05, 0) is 30.2 Å². The maximum absolute atomic E-state index is 12.7. The Morgan fingerprint density at radius 2 is 1.86 bits per heavy atom. The van der Waals surface area contributed by atoms with Gasteiger partial charge in [-0.25, -0.2) is 9.97 Å². The Morgan fingerprint density at radius 1 is 1.10 bits per heavy atom. The van der Waals surface area contributed by atoms with E-state index in [9.17, 15) is 4.79 Å². The van der Waals surface area contributed by atoms with E-state index in [4.69, 9.17) is 4.74 Å². The second-order valence-corrected chi connectivity index (χ2v) is 7.84. The highest BCUT2D eigenvalue weighted by molar-refractivity contribution is 7.13. The molecule has 0 atom stereocenters. The lowest BCUT2D eigenvalue weighted by molar-refractivity contribution is -0.116. The number of anilines is 1. The van der Waals surface area contributed by atoms with Crippen LogP contribution in [0.5, 0.6) is 5.75 Å². The predicted octanol–water partition coefficient (Wildman–Crippen LogP) is 4.83. The molecule has 4 rings (SSSR count). The number of imidazole rings is 1. The molecule has 148 valence electrons. The van der Waals surface area contributed by atoms with Crippen molar-refractivity contribution in [3.05, 3.63) is 71.5 Å². The first-order chi connectivity index (χ1) is 14.1. The van der Waals surface area contributed by atoms with Crippen molar-refractivity contribution >= 4 is 33.4 Å². The van der Waals surface area contributed by atoms with Gasteiger partial charge in [-0.15, -0.1) is 11.3 Å². The molecule has 29 heavy (non-hydrogen) atoms. The molecule has 7 heteroatoms. The fourth-order valence-corrected chi connectivity index (χ4v) is 3.88. The van der Waals surface area contributed by atoms with Gasteiger partial charge in [-0.2, -0.15) is 0 Å². The molecule has 0 aliphatic carbocycles. The van der Waals surface area contributed by atoms with Crippen molar-refractivity contribution in [2.75, 3.05) is 5.32 Å². The van der Waals surface area contributed by atoms with Gasteiger partial charge in [-0.3, -0.25) is 4.79 Å². The summed E-state index contributed by atoms with van der Waals surface area (Å²) in [6, 6.07) is 17.4. The maximum Gasteiger partial charge on any atom is 0.246 e. The third-order valence-corrected chi connectivity index (χ3v) is 5.28. The van der Waals surface area contributed by atoms with E-state index in [1.807, 2.05) is 64.5 Å². The molecule has 2 aromatic carbocycles. The zero-order valence-electron chi connectivity index (χ0n) is 16.3. The standard InChI is InChI=1S/C22H22N4O2S/c1-15(2)18-14-29-22(24-18)25-21(27)12-26-19-11-7-6-10-17(19)23-20(26)13-28-16-8-4-3-5-9-16/h3-11,14-15H,12-13H2,1-2H3,(H,24,25,27). The zero-order valence-corrected chi connectivity index (χ0v) is 17.1. The van der Waals surface area contributed by atoms with E-state index in [0.29, 0.717) is 16.9 Å². The smallest absolute Gasteiger partial charge is 0.246 e. The first kappa shape index (κ1) is 19.1. The fraction of sp³-hybridized carbons (Fsp3) is 0.227. The van der Waals surface area contributed by atoms with Gasteiger partial charge in [-0.1, -0.05) is 44.2 Å². The topological polar surface area (TPSA) is 69.0 Å². The third kappa shape index (κ3) is 4.46. The summed E-state index contributed by atoms with van der Waals surface area (Å²) in [5.41, 5.74) is 2.72. The van der Waals surface area contributed by atoms with Crippen molar-refractivity contribution in [3.8, 4) is 5.75 Å². The van der Waals surface area contributed by atoms with Crippen LogP contribution in [-0.4, -0.2) is 20.4 Å². The molecule has 0 saturated carbocycles. The minimum absolute atomic E-state index is 0.140. The van der Waals surface area contributed by atoms with Crippen LogP contribution in [0.1, 0.15) is 31.3 Å². The summed E-state index contributed by atoms with van der Waals surface area (Å²) in [5.74, 6) is 1.65. The largest absolute Gasteiger partial charge is 0.486 e. The second kappa shape index (κ2) is 8.45. The van der Waals surface area contributed by atoms with Gasteiger partial charge in [0.25, 0.3) is 0 Å². The third-order valence-electron chi connectivity index (χ3n) is 4.51. The van der Waals surface area contributed by atoms with Crippen molar-refractivity contribution < 1.29 is 9.53 Å². The lowest BCUT2D eigenvalue weighted by Gasteiger charge is -2.10. The first-order valence-electron chi connectivity index (χ1n) is 9.47. The van der Waals surface area contributed by atoms with E-state index < -0.39 is 0 Å². The summed E-state index contributed by atoms with van der Waals surface area (Å²) in [6.07, 6.45) is 0. The number of nitrogens with zero attached hydrogens (tertiary/aromatic N) is 3. The number of aromatic nitrogens is 3. The molecule has 0 aliphatic heterocycles. The number of fused-ring (bicyclic) bond motifs is 1. The second-order valence-electron chi connectivity index (χ2n) is 6.99. The Bertz CT molecular complexity index is 1120. The monoisotopic (exact) mass is 406 g/mol. The quantitative estimate of drug-likeness (QED) is 0.477. The van der Waals surface area contributed by atoms with E-state index >= 15 is 0 Å². The molecular weight excluding hydrogens is 384 g/mol. The van der Waals surface area contributed by atoms with Crippen LogP contribution in [-0.2, 0) is 17.9 Å². The maximum atomic E-state index is 12.7. The Balaban J connectivity index is 1.53. The number of carbonyl (C=O) groups is 1. The fourth-order valence-electron chi connectivity index (χ4n) is 2.99. The zero-order chi connectivity index (χ0) is 20.2. The molecule has 0 bridgehead atoms. The van der Waals surface area contributed by atoms with Crippen molar-refractivity contribution in [3.63, 3.8) is 0 Å². The van der Waals surface area contributed by atoms with Gasteiger partial charge < -0.3 is 14.6 Å². The minimum atomic E-state index is -0.140. The molecular formula is C22H22N4O2S. The highest BCUT2D eigenvalue weighted by Crippen LogP contribution is 2.22. The van der Waals surface area contributed by atoms with E-state index in [-0.39, 0.29) is 19.1 Å². The van der Waals surface area contributed by atoms with Gasteiger partial charge in [0.2, 0.25) is 5.91 Å². The predicted molar refractivity (Wildman–Crippen MR) is 115 cm³/mol. The van der Waals surface area contributed by atoms with Crippen LogP contribution >= 0.6 is 11.3 Å². The summed E-state index contributed by atoms with van der Waals surface area (Å²) in [4.78, 5) is 21.8. The van der Waals surface area contributed by atoms with Crippen molar-refractivity contribution in [2.45, 2.75) is 32.9 Å². The summed E-state index contributed by atoms with van der Waals surface area (Å²) in [6.45, 7) is 4.58. The number of ether oxygens (including phenoxy) is 1. The van der Waals surface area contributed by atoms with Crippen LogP contribution in [0.15, 0.2) is 60.0 Å². The lowest BCUT2D eigenvalue weighted by atomic mass is 10.2. The summed E-state index contributed by atoms with van der Waals surface area (Å²) >= 11 is 1.44. The summed E-state index contributed by atoms with van der Waals surface area (Å²) < 4.78 is 7.76. The molecule has 0 aliphatic rings. The highest BCUT2D eigenvalue weighted by Gasteiger charge is 2.15. The first-order valence-corrected chi connectivity index (χ1v) is 10.4. The SMILES string of the molecule is CC(C)c1csc(NC(=O)Cn2c(COc3ccccc3)nc3ccccc32)n1. The van der Waals surface area contributed by atoms with Gasteiger partial charge in [0, 0.05) is 5.38 Å². The van der Waals surface area contributed by atoms with Gasteiger partial charge >= 0.3 is 0 Å². The average Bonchev–Trinajstić information content (AvgIpc) is 3.32. The molecule has 1 N–H and O–H groups in total. The van der Waals surface area contributed by atoms with Crippen LogP contribution in [0.25, 0.3) is 11.0 Å². The number of amides is 1. The number of hydrogen-bond donors (Lipinski definition) is 1. The average molecular weight is 407 g/mol. The van der Waals surface area contributed by atoms with Crippen LogP contribution in [0.3, 0.4) is 0 Å². The van der Waals surface area contributed by atoms with Gasteiger partial charge in [0.15, 0.2) is 5.13 Å². The lowest BCUT2D eigenvalue weighted by Crippen LogP contribution is -2.20. The number of nitrogens with one attached hydrogen (secondary N) is 1. The molecule has 2 aromatic heterocycles. The van der Waals surface area contributed by atoms with Crippen molar-refractivity contribution in [2.24, 2.45) is 0 Å². The van der Waals surface area contributed by atoms with Crippen LogP contribution in [0, 0.1) is 0 Å². The number of rotatable bonds is 7. The summed E-state index contributed by atoms with van der Waals surface area (Å²) in [7, 11) is 0. The number of para-hydroxylation sites is 3. The Hall–Kier alpha value is -3.19. The molecule has 6 nitrogen and oxygen atoms in total. The highest BCUT2D eigenvalue weighted by atomic mass is 32.1. The van der Waals surface area contributed by atoms with E-state index in [0.717, 1.165) is 22.5 Å². The van der Waals surface area contributed by atoms with Crippen LogP contribution in [0.4, 0.5) is 5.13 Å². The van der Waals surface area contributed by atoms with Gasteiger partial charge in [0.05, 0.1) is 16.7 Å². The molecule has 0 saturated heterocycles. The van der Waals surface area contributed by atoms with E-state index in [1.165, 1.54) is 11.3 Å². The molecule has 0 radical (unpaired) electrons. The van der Waals surface area contributed by atoms with Crippen LogP contribution in [0.2, 0.25) is 0 Å². The van der Waals surface area contributed by atoms with Crippen molar-refractivity contribution in [1.29, 1.82) is 0 Å². The normalized spacial score (nSPS) is 11.1. The Labute approximate surface area is 173 Å². The minimum Gasteiger partial charge on any atom is -0.486 e. The number of thiazole rings is 1. The van der Waals surface area contributed by atoms with Gasteiger partial charge in [0.1, 0.15) is 24.7 Å². The number of benzene rings is 2. The molecule has 2 heterocycles. The molecule has 0 unspecified atom stereocenters. The molecule has 0 spiro atoms. The Kier molecular flexibility index (Phi) is 5.57. The van der Waals surface area contributed by atoms with Crippen molar-refractivity contribution in [1.82, 2.24) is 14.5 Å². The molecule has 1 amide bonds. The summed E-state index contributed by atoms with van der Waals surface area (Å²) in [5, 5.41) is 5.49. The van der Waals surface area contributed by atoms with Crippen LogP contribution < -0.4 is 10.1 Å². The van der Waals surface area contributed by atoms with E-state index in [1.54, 1.807) is 0 Å². The molecule has 4 aromatic rings. The number of carbonyl (C=O) groups excluding carboxylic acids is 1.